The van der Waals surface area contributed by atoms with E-state index in [4.69, 9.17) is 9.47 Å². The van der Waals surface area contributed by atoms with Gasteiger partial charge in [-0.1, -0.05) is 30.3 Å². The van der Waals surface area contributed by atoms with Gasteiger partial charge >= 0.3 is 5.97 Å². The van der Waals surface area contributed by atoms with E-state index in [9.17, 15) is 9.90 Å². The summed E-state index contributed by atoms with van der Waals surface area (Å²) in [5.41, 5.74) is 5.60. The standard InChI is InChI=1S/C28H33N3O4/c1-4-35-28(33)22(9-7-13-29-27-23-10-6-5-8-21(23)16-25(27)32)14-20-11-12-24(26(15-20)34-3)31-17-19(2)30-18-31/h5-6,8,10-12,14-15,17-18,25,27,29,32H,4,7,9,13,16H2,1-3H3/t25-,27+/m0/s1. The van der Waals surface area contributed by atoms with E-state index in [1.54, 1.807) is 20.4 Å². The van der Waals surface area contributed by atoms with E-state index in [0.717, 1.165) is 28.9 Å². The monoisotopic (exact) mass is 475 g/mol. The van der Waals surface area contributed by atoms with E-state index in [1.165, 1.54) is 5.56 Å². The van der Waals surface area contributed by atoms with Crippen molar-refractivity contribution in [3.05, 3.63) is 82.9 Å². The minimum absolute atomic E-state index is 0.0789. The third-order valence-corrected chi connectivity index (χ3v) is 6.26. The number of nitrogens with one attached hydrogen (secondary N) is 1. The van der Waals surface area contributed by atoms with Crippen molar-refractivity contribution >= 4 is 12.0 Å². The largest absolute Gasteiger partial charge is 0.495 e. The number of benzene rings is 2. The Morgan fingerprint density at radius 3 is 2.86 bits per heavy atom. The van der Waals surface area contributed by atoms with Gasteiger partial charge in [0.1, 0.15) is 5.75 Å². The van der Waals surface area contributed by atoms with Gasteiger partial charge in [-0.15, -0.1) is 0 Å². The first-order valence-corrected chi connectivity index (χ1v) is 12.1. The number of methoxy groups -OCH3 is 1. The third-order valence-electron chi connectivity index (χ3n) is 6.26. The molecule has 0 amide bonds. The van der Waals surface area contributed by atoms with Crippen molar-refractivity contribution in [2.45, 2.75) is 45.3 Å². The number of hydrogen-bond acceptors (Lipinski definition) is 6. The second-order valence-corrected chi connectivity index (χ2v) is 8.75. The fourth-order valence-electron chi connectivity index (χ4n) is 4.56. The van der Waals surface area contributed by atoms with Gasteiger partial charge in [-0.2, -0.15) is 0 Å². The van der Waals surface area contributed by atoms with Crippen LogP contribution >= 0.6 is 0 Å². The molecule has 35 heavy (non-hydrogen) atoms. The Labute approximate surface area is 206 Å². The molecular weight excluding hydrogens is 442 g/mol. The molecular formula is C28H33N3O4. The molecule has 0 fully saturated rings. The van der Waals surface area contributed by atoms with Crippen LogP contribution < -0.4 is 10.1 Å². The van der Waals surface area contributed by atoms with Gasteiger partial charge in [-0.05, 0) is 68.1 Å². The van der Waals surface area contributed by atoms with Gasteiger partial charge < -0.3 is 24.5 Å². The number of fused-ring (bicyclic) bond motifs is 1. The lowest BCUT2D eigenvalue weighted by Gasteiger charge is -2.18. The van der Waals surface area contributed by atoms with E-state index < -0.39 is 6.10 Å². The Morgan fingerprint density at radius 2 is 2.11 bits per heavy atom. The fraction of sp³-hybridized carbons (Fsp3) is 0.357. The minimum atomic E-state index is -0.433. The minimum Gasteiger partial charge on any atom is -0.495 e. The summed E-state index contributed by atoms with van der Waals surface area (Å²) in [5.74, 6) is 0.377. The number of aliphatic hydroxyl groups is 1. The van der Waals surface area contributed by atoms with Crippen molar-refractivity contribution in [2.75, 3.05) is 20.3 Å². The summed E-state index contributed by atoms with van der Waals surface area (Å²) in [6.45, 7) is 4.74. The molecule has 1 aliphatic carbocycles. The molecule has 7 heteroatoms. The molecule has 3 aromatic rings. The summed E-state index contributed by atoms with van der Waals surface area (Å²) in [7, 11) is 1.63. The number of aliphatic hydroxyl groups excluding tert-OH is 1. The second kappa shape index (κ2) is 11.3. The van der Waals surface area contributed by atoms with Gasteiger partial charge in [0, 0.05) is 18.2 Å². The third kappa shape index (κ3) is 5.81. The number of aromatic nitrogens is 2. The molecule has 0 radical (unpaired) electrons. The first kappa shape index (κ1) is 24.7. The highest BCUT2D eigenvalue weighted by atomic mass is 16.5. The molecule has 0 unspecified atom stereocenters. The SMILES string of the molecule is CCOC(=O)C(=Cc1ccc(-n2cnc(C)c2)c(OC)c1)CCCN[C@@H]1c2ccccc2C[C@@H]1O. The number of hydrogen-bond donors (Lipinski definition) is 2. The van der Waals surface area contributed by atoms with E-state index >= 15 is 0 Å². The van der Waals surface area contributed by atoms with Crippen LogP contribution in [0.5, 0.6) is 5.75 Å². The molecule has 4 rings (SSSR count). The Hall–Kier alpha value is -3.42. The average molecular weight is 476 g/mol. The van der Waals surface area contributed by atoms with Gasteiger partial charge in [0.15, 0.2) is 0 Å². The van der Waals surface area contributed by atoms with E-state index in [2.05, 4.69) is 22.4 Å². The van der Waals surface area contributed by atoms with Gasteiger partial charge in [0.25, 0.3) is 0 Å². The van der Waals surface area contributed by atoms with Crippen LogP contribution in [0.1, 0.15) is 48.2 Å². The van der Waals surface area contributed by atoms with Crippen LogP contribution in [-0.4, -0.2) is 47.0 Å². The van der Waals surface area contributed by atoms with Crippen molar-refractivity contribution in [3.63, 3.8) is 0 Å². The summed E-state index contributed by atoms with van der Waals surface area (Å²) in [4.78, 5) is 16.9. The maximum Gasteiger partial charge on any atom is 0.334 e. The van der Waals surface area contributed by atoms with Crippen LogP contribution in [0.15, 0.2) is 60.6 Å². The van der Waals surface area contributed by atoms with Crippen molar-refractivity contribution < 1.29 is 19.4 Å². The van der Waals surface area contributed by atoms with E-state index in [-0.39, 0.29) is 12.0 Å². The van der Waals surface area contributed by atoms with E-state index in [1.807, 2.05) is 54.1 Å². The molecule has 184 valence electrons. The van der Waals surface area contributed by atoms with Crippen molar-refractivity contribution in [3.8, 4) is 11.4 Å². The molecule has 1 heterocycles. The molecule has 0 saturated heterocycles. The smallest absolute Gasteiger partial charge is 0.334 e. The molecule has 1 aliphatic rings. The molecule has 2 aromatic carbocycles. The molecule has 2 N–H and O–H groups in total. The van der Waals surface area contributed by atoms with Crippen LogP contribution in [0.2, 0.25) is 0 Å². The van der Waals surface area contributed by atoms with Gasteiger partial charge in [-0.25, -0.2) is 9.78 Å². The summed E-state index contributed by atoms with van der Waals surface area (Å²) >= 11 is 0. The summed E-state index contributed by atoms with van der Waals surface area (Å²) in [5, 5.41) is 13.9. The van der Waals surface area contributed by atoms with Crippen LogP contribution in [0, 0.1) is 6.92 Å². The van der Waals surface area contributed by atoms with Crippen molar-refractivity contribution in [2.24, 2.45) is 0 Å². The Kier molecular flexibility index (Phi) is 8.00. The number of nitrogens with zero attached hydrogens (tertiary/aromatic N) is 2. The number of carbonyl (C=O) groups is 1. The average Bonchev–Trinajstić information content (AvgIpc) is 3.43. The normalized spacial score (nSPS) is 17.3. The zero-order valence-electron chi connectivity index (χ0n) is 20.5. The zero-order chi connectivity index (χ0) is 24.8. The maximum absolute atomic E-state index is 12.7. The van der Waals surface area contributed by atoms with Crippen LogP contribution in [0.25, 0.3) is 11.8 Å². The van der Waals surface area contributed by atoms with Crippen LogP contribution in [0.4, 0.5) is 0 Å². The second-order valence-electron chi connectivity index (χ2n) is 8.75. The summed E-state index contributed by atoms with van der Waals surface area (Å²) < 4.78 is 12.8. The molecule has 0 bridgehead atoms. The predicted octanol–water partition coefficient (Wildman–Crippen LogP) is 4.16. The summed E-state index contributed by atoms with van der Waals surface area (Å²) in [6.07, 6.45) is 7.07. The highest BCUT2D eigenvalue weighted by molar-refractivity contribution is 5.93. The fourth-order valence-corrected chi connectivity index (χ4v) is 4.56. The Morgan fingerprint density at radius 1 is 1.29 bits per heavy atom. The highest BCUT2D eigenvalue weighted by Crippen LogP contribution is 2.31. The molecule has 2 atom stereocenters. The lowest BCUT2D eigenvalue weighted by molar-refractivity contribution is -0.138. The lowest BCUT2D eigenvalue weighted by Crippen LogP contribution is -2.29. The number of esters is 1. The lowest BCUT2D eigenvalue weighted by atomic mass is 10.0. The topological polar surface area (TPSA) is 85.6 Å². The first-order valence-electron chi connectivity index (χ1n) is 12.1. The first-order chi connectivity index (χ1) is 17.0. The van der Waals surface area contributed by atoms with Crippen LogP contribution in [-0.2, 0) is 16.0 Å². The summed E-state index contributed by atoms with van der Waals surface area (Å²) in [6, 6.07) is 13.9. The molecule has 1 aromatic heterocycles. The van der Waals surface area contributed by atoms with Crippen LogP contribution in [0.3, 0.4) is 0 Å². The molecule has 0 saturated carbocycles. The van der Waals surface area contributed by atoms with Gasteiger partial charge in [0.2, 0.25) is 0 Å². The highest BCUT2D eigenvalue weighted by Gasteiger charge is 2.29. The number of rotatable bonds is 10. The number of ether oxygens (including phenoxy) is 2. The number of imidazole rings is 1. The van der Waals surface area contributed by atoms with Crippen molar-refractivity contribution in [1.29, 1.82) is 0 Å². The molecule has 0 aliphatic heterocycles. The number of aryl methyl sites for hydroxylation is 1. The van der Waals surface area contributed by atoms with Gasteiger partial charge in [0.05, 0.1) is 43.6 Å². The van der Waals surface area contributed by atoms with Crippen molar-refractivity contribution in [1.82, 2.24) is 14.9 Å². The molecule has 7 nitrogen and oxygen atoms in total. The number of carbonyl (C=O) groups excluding carboxylic acids is 1. The van der Waals surface area contributed by atoms with Gasteiger partial charge in [-0.3, -0.25) is 0 Å². The Bertz CT molecular complexity index is 1200. The molecule has 0 spiro atoms. The Balaban J connectivity index is 1.45. The predicted molar refractivity (Wildman–Crippen MR) is 136 cm³/mol. The maximum atomic E-state index is 12.7. The zero-order valence-corrected chi connectivity index (χ0v) is 20.5. The van der Waals surface area contributed by atoms with E-state index in [0.29, 0.717) is 37.3 Å². The quantitative estimate of drug-likeness (QED) is 0.260.